The van der Waals surface area contributed by atoms with E-state index in [1.807, 2.05) is 30.1 Å². The van der Waals surface area contributed by atoms with Crippen LogP contribution in [0.15, 0.2) is 18.2 Å². The Balaban J connectivity index is 2.58. The largest absolute Gasteiger partial charge is 0.359 e. The van der Waals surface area contributed by atoms with Crippen molar-refractivity contribution < 1.29 is 4.79 Å². The highest BCUT2D eigenvalue weighted by Crippen LogP contribution is 2.09. The molecular weight excluding hydrogens is 204 g/mol. The van der Waals surface area contributed by atoms with Crippen LogP contribution in [-0.2, 0) is 11.3 Å². The van der Waals surface area contributed by atoms with Gasteiger partial charge in [0.25, 0.3) is 0 Å². The molecule has 1 rings (SSSR count). The summed E-state index contributed by atoms with van der Waals surface area (Å²) in [5.74, 6) is 0.869. The van der Waals surface area contributed by atoms with Gasteiger partial charge in [0.05, 0.1) is 5.69 Å². The third kappa shape index (κ3) is 3.51. The van der Waals surface area contributed by atoms with Gasteiger partial charge in [-0.05, 0) is 12.1 Å². The molecule has 0 bridgehead atoms. The maximum Gasteiger partial charge on any atom is 0.221 e. The molecule has 16 heavy (non-hydrogen) atoms. The van der Waals surface area contributed by atoms with Gasteiger partial charge >= 0.3 is 0 Å². The third-order valence-electron chi connectivity index (χ3n) is 2.35. The molecule has 0 fully saturated rings. The van der Waals surface area contributed by atoms with E-state index in [-0.39, 0.29) is 5.91 Å². The Morgan fingerprint density at radius 3 is 2.94 bits per heavy atom. The minimum atomic E-state index is 0.0295. The number of nitrogens with two attached hydrogens (primary N) is 1. The molecule has 5 nitrogen and oxygen atoms in total. The van der Waals surface area contributed by atoms with Gasteiger partial charge in [-0.15, -0.1) is 0 Å². The first-order chi connectivity index (χ1) is 7.67. The van der Waals surface area contributed by atoms with Crippen LogP contribution in [0.2, 0.25) is 0 Å². The quantitative estimate of drug-likeness (QED) is 0.742. The Labute approximate surface area is 95.7 Å². The lowest BCUT2D eigenvalue weighted by Crippen LogP contribution is -2.27. The number of hydrogen-bond acceptors (Lipinski definition) is 4. The number of pyridine rings is 1. The summed E-state index contributed by atoms with van der Waals surface area (Å²) >= 11 is 0. The normalized spacial score (nSPS) is 9.94. The van der Waals surface area contributed by atoms with Gasteiger partial charge in [0.2, 0.25) is 5.91 Å². The van der Waals surface area contributed by atoms with Crippen LogP contribution in [0.4, 0.5) is 5.82 Å². The Bertz CT molecular complexity index is 354. The van der Waals surface area contributed by atoms with E-state index in [1.165, 1.54) is 0 Å². The first kappa shape index (κ1) is 12.4. The van der Waals surface area contributed by atoms with E-state index < -0.39 is 0 Å². The molecule has 88 valence electrons. The summed E-state index contributed by atoms with van der Waals surface area (Å²) in [6.45, 7) is 1.07. The van der Waals surface area contributed by atoms with Crippen molar-refractivity contribution in [3.63, 3.8) is 0 Å². The number of anilines is 1. The van der Waals surface area contributed by atoms with E-state index in [2.05, 4.69) is 10.3 Å². The van der Waals surface area contributed by atoms with Crippen molar-refractivity contribution in [2.24, 2.45) is 5.73 Å². The molecule has 1 heterocycles. The van der Waals surface area contributed by atoms with Gasteiger partial charge in [0.15, 0.2) is 0 Å². The molecule has 0 saturated heterocycles. The first-order valence-electron chi connectivity index (χ1n) is 5.25. The Kier molecular flexibility index (Phi) is 4.72. The number of amides is 1. The van der Waals surface area contributed by atoms with Crippen LogP contribution in [0.25, 0.3) is 0 Å². The average molecular weight is 222 g/mol. The van der Waals surface area contributed by atoms with Gasteiger partial charge in [0.1, 0.15) is 5.82 Å². The number of nitrogens with one attached hydrogen (secondary N) is 1. The van der Waals surface area contributed by atoms with Crippen molar-refractivity contribution in [3.8, 4) is 0 Å². The monoisotopic (exact) mass is 222 g/mol. The van der Waals surface area contributed by atoms with Crippen LogP contribution in [0.5, 0.6) is 0 Å². The zero-order chi connectivity index (χ0) is 12.0. The van der Waals surface area contributed by atoms with Gasteiger partial charge in [0, 0.05) is 33.6 Å². The fourth-order valence-corrected chi connectivity index (χ4v) is 1.30. The maximum atomic E-state index is 11.1. The number of aromatic nitrogens is 1. The molecule has 0 aliphatic heterocycles. The number of nitrogens with zero attached hydrogens (tertiary/aromatic N) is 2. The minimum absolute atomic E-state index is 0.0295. The van der Waals surface area contributed by atoms with Gasteiger partial charge in [-0.2, -0.15) is 0 Å². The second kappa shape index (κ2) is 6.07. The van der Waals surface area contributed by atoms with Gasteiger partial charge in [-0.25, -0.2) is 4.98 Å². The zero-order valence-corrected chi connectivity index (χ0v) is 9.73. The molecule has 0 atom stereocenters. The van der Waals surface area contributed by atoms with Crippen LogP contribution >= 0.6 is 0 Å². The fraction of sp³-hybridized carbons (Fsp3) is 0.455. The molecule has 1 aromatic rings. The van der Waals surface area contributed by atoms with Crippen LogP contribution in [-0.4, -0.2) is 31.5 Å². The summed E-state index contributed by atoms with van der Waals surface area (Å²) in [6.07, 6.45) is 0.460. The summed E-state index contributed by atoms with van der Waals surface area (Å²) < 4.78 is 0. The smallest absolute Gasteiger partial charge is 0.221 e. The van der Waals surface area contributed by atoms with Crippen LogP contribution < -0.4 is 16.0 Å². The molecule has 0 aliphatic rings. The van der Waals surface area contributed by atoms with Gasteiger partial charge in [-0.3, -0.25) is 4.79 Å². The molecule has 3 N–H and O–H groups in total. The van der Waals surface area contributed by atoms with E-state index in [9.17, 15) is 4.79 Å². The number of carbonyl (C=O) groups excluding carboxylic acids is 1. The molecule has 0 aliphatic carbocycles. The summed E-state index contributed by atoms with van der Waals surface area (Å²) in [6, 6.07) is 5.71. The number of hydrogen-bond donors (Lipinski definition) is 2. The number of carbonyl (C=O) groups is 1. The highest BCUT2D eigenvalue weighted by Gasteiger charge is 2.05. The summed E-state index contributed by atoms with van der Waals surface area (Å²) in [7, 11) is 3.54. The molecule has 0 radical (unpaired) electrons. The predicted molar refractivity (Wildman–Crippen MR) is 64.1 cm³/mol. The minimum Gasteiger partial charge on any atom is -0.359 e. The Hall–Kier alpha value is -1.62. The van der Waals surface area contributed by atoms with E-state index in [0.29, 0.717) is 19.5 Å². The first-order valence-corrected chi connectivity index (χ1v) is 5.25. The van der Waals surface area contributed by atoms with Crippen molar-refractivity contribution in [1.82, 2.24) is 10.3 Å². The molecule has 0 unspecified atom stereocenters. The fourth-order valence-electron chi connectivity index (χ4n) is 1.30. The Morgan fingerprint density at radius 2 is 2.31 bits per heavy atom. The molecule has 0 spiro atoms. The maximum absolute atomic E-state index is 11.1. The van der Waals surface area contributed by atoms with Crippen molar-refractivity contribution in [2.45, 2.75) is 13.0 Å². The van der Waals surface area contributed by atoms with E-state index in [0.717, 1.165) is 11.5 Å². The molecular formula is C11H18N4O. The lowest BCUT2D eigenvalue weighted by molar-refractivity contribution is -0.120. The summed E-state index contributed by atoms with van der Waals surface area (Å²) in [5, 5.41) is 2.59. The zero-order valence-electron chi connectivity index (χ0n) is 9.73. The predicted octanol–water partition coefficient (Wildman–Crippen LogP) is 0.113. The van der Waals surface area contributed by atoms with E-state index in [1.54, 1.807) is 7.05 Å². The number of rotatable bonds is 5. The van der Waals surface area contributed by atoms with Gasteiger partial charge in [-0.1, -0.05) is 6.07 Å². The van der Waals surface area contributed by atoms with Crippen LogP contribution in [0, 0.1) is 0 Å². The summed E-state index contributed by atoms with van der Waals surface area (Å²) in [5.41, 5.74) is 6.37. The second-order valence-electron chi connectivity index (χ2n) is 3.54. The van der Waals surface area contributed by atoms with Crippen molar-refractivity contribution >= 4 is 11.7 Å². The molecule has 1 aromatic heterocycles. The lowest BCUT2D eigenvalue weighted by atomic mass is 10.3. The third-order valence-corrected chi connectivity index (χ3v) is 2.35. The van der Waals surface area contributed by atoms with Crippen molar-refractivity contribution in [1.29, 1.82) is 0 Å². The Morgan fingerprint density at radius 1 is 1.56 bits per heavy atom. The van der Waals surface area contributed by atoms with Crippen molar-refractivity contribution in [2.75, 3.05) is 25.5 Å². The van der Waals surface area contributed by atoms with Crippen LogP contribution in [0.3, 0.4) is 0 Å². The highest BCUT2D eigenvalue weighted by atomic mass is 16.1. The van der Waals surface area contributed by atoms with E-state index >= 15 is 0 Å². The highest BCUT2D eigenvalue weighted by molar-refractivity contribution is 5.76. The SMILES string of the molecule is CNC(=O)CCN(C)c1cccc(CN)n1. The van der Waals surface area contributed by atoms with Crippen LogP contribution in [0.1, 0.15) is 12.1 Å². The standard InChI is InChI=1S/C11H18N4O/c1-13-11(16)6-7-15(2)10-5-3-4-9(8-12)14-10/h3-5H,6-8,12H2,1-2H3,(H,13,16). The van der Waals surface area contributed by atoms with Crippen molar-refractivity contribution in [3.05, 3.63) is 23.9 Å². The topological polar surface area (TPSA) is 71.2 Å². The molecule has 0 aromatic carbocycles. The lowest BCUT2D eigenvalue weighted by Gasteiger charge is -2.18. The molecule has 0 saturated carbocycles. The summed E-state index contributed by atoms with van der Waals surface area (Å²) in [4.78, 5) is 17.4. The average Bonchev–Trinajstić information content (AvgIpc) is 2.35. The molecule has 1 amide bonds. The molecule has 5 heteroatoms. The van der Waals surface area contributed by atoms with E-state index in [4.69, 9.17) is 5.73 Å². The van der Waals surface area contributed by atoms with Gasteiger partial charge < -0.3 is 16.0 Å². The second-order valence-corrected chi connectivity index (χ2v) is 3.54.